The monoisotopic (exact) mass is 380 g/mol. The van der Waals surface area contributed by atoms with E-state index in [4.69, 9.17) is 23.2 Å². The topological polar surface area (TPSA) is 42.0 Å². The number of halogens is 3. The molecule has 7 heteroatoms. The smallest absolute Gasteiger partial charge is 0.257 e. The van der Waals surface area contributed by atoms with Gasteiger partial charge in [0.2, 0.25) is 0 Å². The molecule has 0 aliphatic carbocycles. The van der Waals surface area contributed by atoms with Gasteiger partial charge in [0.05, 0.1) is 10.7 Å². The highest BCUT2D eigenvalue weighted by atomic mass is 35.5. The number of nitrogens with one attached hydrogen (secondary N) is 1. The second-order valence-corrected chi connectivity index (χ2v) is 7.06. The van der Waals surface area contributed by atoms with Crippen LogP contribution in [-0.4, -0.2) is 10.9 Å². The molecule has 0 unspecified atom stereocenters. The molecule has 3 rings (SSSR count). The van der Waals surface area contributed by atoms with Gasteiger partial charge in [0.25, 0.3) is 5.91 Å². The molecule has 122 valence electrons. The molecule has 24 heavy (non-hydrogen) atoms. The lowest BCUT2D eigenvalue weighted by Crippen LogP contribution is -2.11. The van der Waals surface area contributed by atoms with Gasteiger partial charge in [-0.3, -0.25) is 10.1 Å². The summed E-state index contributed by atoms with van der Waals surface area (Å²) in [4.78, 5) is 17.5. The summed E-state index contributed by atoms with van der Waals surface area (Å²) in [5.41, 5.74) is 1.79. The standard InChI is InChI=1S/C17H11Cl2FN2OS/c1-9-15(13-7-4-11(18)8-14(13)19)21-17(24-9)22-16(23)10-2-5-12(20)6-3-10/h2-8H,1H3,(H,21,22,23). The second kappa shape index (κ2) is 6.89. The highest BCUT2D eigenvalue weighted by Crippen LogP contribution is 2.35. The summed E-state index contributed by atoms with van der Waals surface area (Å²) in [6, 6.07) is 10.5. The molecule has 3 aromatic rings. The number of nitrogens with zero attached hydrogens (tertiary/aromatic N) is 1. The second-order valence-electron chi connectivity index (χ2n) is 5.01. The number of thiazole rings is 1. The molecule has 0 fully saturated rings. The molecule has 0 radical (unpaired) electrons. The van der Waals surface area contributed by atoms with Gasteiger partial charge in [0.15, 0.2) is 5.13 Å². The van der Waals surface area contributed by atoms with E-state index < -0.39 is 5.82 Å². The molecule has 0 spiro atoms. The van der Waals surface area contributed by atoms with Crippen LogP contribution in [0.5, 0.6) is 0 Å². The van der Waals surface area contributed by atoms with Crippen LogP contribution in [0.1, 0.15) is 15.2 Å². The minimum atomic E-state index is -0.392. The van der Waals surface area contributed by atoms with Gasteiger partial charge < -0.3 is 0 Å². The van der Waals surface area contributed by atoms with Crippen LogP contribution in [0.2, 0.25) is 10.0 Å². The minimum Gasteiger partial charge on any atom is -0.298 e. The van der Waals surface area contributed by atoms with Gasteiger partial charge >= 0.3 is 0 Å². The SMILES string of the molecule is Cc1sc(NC(=O)c2ccc(F)cc2)nc1-c1ccc(Cl)cc1Cl. The molecule has 1 aromatic heterocycles. The maximum absolute atomic E-state index is 12.9. The lowest BCUT2D eigenvalue weighted by atomic mass is 10.1. The van der Waals surface area contributed by atoms with Crippen molar-refractivity contribution < 1.29 is 9.18 Å². The Balaban J connectivity index is 1.86. The molecule has 0 aliphatic rings. The molecule has 1 heterocycles. The Morgan fingerprint density at radius 3 is 2.54 bits per heavy atom. The average molecular weight is 381 g/mol. The summed E-state index contributed by atoms with van der Waals surface area (Å²) in [6.45, 7) is 1.89. The highest BCUT2D eigenvalue weighted by Gasteiger charge is 2.15. The molecule has 0 saturated carbocycles. The van der Waals surface area contributed by atoms with Gasteiger partial charge in [0, 0.05) is 21.0 Å². The van der Waals surface area contributed by atoms with E-state index in [1.54, 1.807) is 18.2 Å². The highest BCUT2D eigenvalue weighted by molar-refractivity contribution is 7.16. The first-order valence-corrected chi connectivity index (χ1v) is 8.51. The predicted octanol–water partition coefficient (Wildman–Crippen LogP) is 5.82. The third-order valence-electron chi connectivity index (χ3n) is 3.31. The summed E-state index contributed by atoms with van der Waals surface area (Å²) < 4.78 is 12.9. The van der Waals surface area contributed by atoms with Crippen LogP contribution < -0.4 is 5.32 Å². The third kappa shape index (κ3) is 3.59. The number of benzene rings is 2. The van der Waals surface area contributed by atoms with Gasteiger partial charge in [-0.2, -0.15) is 0 Å². The van der Waals surface area contributed by atoms with Crippen LogP contribution >= 0.6 is 34.5 Å². The number of hydrogen-bond donors (Lipinski definition) is 1. The van der Waals surface area contributed by atoms with Crippen molar-refractivity contribution in [2.75, 3.05) is 5.32 Å². The summed E-state index contributed by atoms with van der Waals surface area (Å²) in [5, 5.41) is 4.20. The van der Waals surface area contributed by atoms with E-state index in [0.717, 1.165) is 10.4 Å². The van der Waals surface area contributed by atoms with Crippen LogP contribution in [-0.2, 0) is 0 Å². The van der Waals surface area contributed by atoms with Crippen molar-refractivity contribution in [2.45, 2.75) is 6.92 Å². The van der Waals surface area contributed by atoms with Gasteiger partial charge in [-0.15, -0.1) is 11.3 Å². The average Bonchev–Trinajstić information content (AvgIpc) is 2.88. The van der Waals surface area contributed by atoms with Gasteiger partial charge in [0.1, 0.15) is 5.82 Å². The van der Waals surface area contributed by atoms with Gasteiger partial charge in [-0.1, -0.05) is 23.2 Å². The van der Waals surface area contributed by atoms with Crippen molar-refractivity contribution in [1.29, 1.82) is 0 Å². The molecule has 0 bridgehead atoms. The molecular formula is C17H11Cl2FN2OS. The first-order valence-electron chi connectivity index (χ1n) is 6.94. The number of carbonyl (C=O) groups excluding carboxylic acids is 1. The fourth-order valence-electron chi connectivity index (χ4n) is 2.15. The van der Waals surface area contributed by atoms with E-state index >= 15 is 0 Å². The van der Waals surface area contributed by atoms with E-state index in [2.05, 4.69) is 10.3 Å². The number of aryl methyl sites for hydroxylation is 1. The quantitative estimate of drug-likeness (QED) is 0.622. The molecule has 1 N–H and O–H groups in total. The molecule has 3 nitrogen and oxygen atoms in total. The van der Waals surface area contributed by atoms with Gasteiger partial charge in [-0.05, 0) is 49.4 Å². The van der Waals surface area contributed by atoms with E-state index in [-0.39, 0.29) is 5.91 Å². The van der Waals surface area contributed by atoms with E-state index in [1.165, 1.54) is 35.6 Å². The van der Waals surface area contributed by atoms with Crippen molar-refractivity contribution >= 4 is 45.6 Å². The Morgan fingerprint density at radius 2 is 1.88 bits per heavy atom. The first-order chi connectivity index (χ1) is 11.4. The zero-order valence-corrected chi connectivity index (χ0v) is 14.8. The molecule has 0 aliphatic heterocycles. The van der Waals surface area contributed by atoms with E-state index in [9.17, 15) is 9.18 Å². The van der Waals surface area contributed by atoms with Crippen LogP contribution in [0.3, 0.4) is 0 Å². The maximum atomic E-state index is 12.9. The lowest BCUT2D eigenvalue weighted by molar-refractivity contribution is 0.102. The summed E-state index contributed by atoms with van der Waals surface area (Å²) in [5.74, 6) is -0.742. The number of carbonyl (C=O) groups is 1. The van der Waals surface area contributed by atoms with Crippen LogP contribution in [0.25, 0.3) is 11.3 Å². The number of hydrogen-bond acceptors (Lipinski definition) is 3. The molecule has 2 aromatic carbocycles. The van der Waals surface area contributed by atoms with Crippen molar-refractivity contribution in [3.8, 4) is 11.3 Å². The van der Waals surface area contributed by atoms with Crippen molar-refractivity contribution in [1.82, 2.24) is 4.98 Å². The molecular weight excluding hydrogens is 370 g/mol. The van der Waals surface area contributed by atoms with Crippen LogP contribution in [0, 0.1) is 12.7 Å². The van der Waals surface area contributed by atoms with Crippen LogP contribution in [0.15, 0.2) is 42.5 Å². The normalized spacial score (nSPS) is 10.7. The van der Waals surface area contributed by atoms with Crippen molar-refractivity contribution in [2.24, 2.45) is 0 Å². The van der Waals surface area contributed by atoms with Crippen LogP contribution in [0.4, 0.5) is 9.52 Å². The first kappa shape index (κ1) is 16.9. The molecule has 0 atom stereocenters. The zero-order chi connectivity index (χ0) is 17.3. The third-order valence-corrected chi connectivity index (χ3v) is 4.74. The van der Waals surface area contributed by atoms with E-state index in [0.29, 0.717) is 26.4 Å². The lowest BCUT2D eigenvalue weighted by Gasteiger charge is -2.03. The maximum Gasteiger partial charge on any atom is 0.257 e. The fourth-order valence-corrected chi connectivity index (χ4v) is 3.47. The Morgan fingerprint density at radius 1 is 1.17 bits per heavy atom. The largest absolute Gasteiger partial charge is 0.298 e. The molecule has 1 amide bonds. The summed E-state index contributed by atoms with van der Waals surface area (Å²) in [6.07, 6.45) is 0. The summed E-state index contributed by atoms with van der Waals surface area (Å²) in [7, 11) is 0. The Kier molecular flexibility index (Phi) is 4.85. The van der Waals surface area contributed by atoms with Crippen molar-refractivity contribution in [3.05, 3.63) is 68.8 Å². The Labute approximate surface area is 152 Å². The Hall–Kier alpha value is -1.95. The predicted molar refractivity (Wildman–Crippen MR) is 96.7 cm³/mol. The number of rotatable bonds is 3. The Bertz CT molecular complexity index is 909. The van der Waals surface area contributed by atoms with E-state index in [1.807, 2.05) is 6.92 Å². The number of anilines is 1. The fraction of sp³-hybridized carbons (Fsp3) is 0.0588. The zero-order valence-electron chi connectivity index (χ0n) is 12.4. The number of aromatic nitrogens is 1. The molecule has 0 saturated heterocycles. The minimum absolute atomic E-state index is 0.350. The van der Waals surface area contributed by atoms with Crippen molar-refractivity contribution in [3.63, 3.8) is 0 Å². The van der Waals surface area contributed by atoms with Gasteiger partial charge in [-0.25, -0.2) is 9.37 Å². The number of amides is 1. The summed E-state index contributed by atoms with van der Waals surface area (Å²) >= 11 is 13.5.